The van der Waals surface area contributed by atoms with Crippen LogP contribution in [0.5, 0.6) is 0 Å². The van der Waals surface area contributed by atoms with Gasteiger partial charge in [-0.2, -0.15) is 0 Å². The molecule has 3 aliphatic rings. The summed E-state index contributed by atoms with van der Waals surface area (Å²) in [5.41, 5.74) is 0.165. The zero-order valence-electron chi connectivity index (χ0n) is 24.5. The maximum absolute atomic E-state index is 15.6. The van der Waals surface area contributed by atoms with Gasteiger partial charge in [0, 0.05) is 7.05 Å². The molecule has 11 heteroatoms. The summed E-state index contributed by atoms with van der Waals surface area (Å²) in [7, 11) is 1.53. The van der Waals surface area contributed by atoms with Crippen LogP contribution in [0, 0.1) is 11.2 Å². The van der Waals surface area contributed by atoms with Crippen LogP contribution in [0.4, 0.5) is 9.18 Å². The number of fused-ring (bicyclic) bond motifs is 1. The molecule has 4 rings (SSSR count). The molecule has 2 saturated heterocycles. The molecule has 4 unspecified atom stereocenters. The minimum Gasteiger partial charge on any atom is -0.0577 e. The van der Waals surface area contributed by atoms with Crippen molar-refractivity contribution in [1.82, 2.24) is 20.4 Å². The van der Waals surface area contributed by atoms with E-state index in [-0.39, 0.29) is 39.5 Å². The van der Waals surface area contributed by atoms with E-state index in [9.17, 15) is 14.4 Å². The number of likely N-dealkylation sites (N-methyl/N-ethyl adjacent to an activating group) is 1. The first kappa shape index (κ1) is 30.5. The zero-order valence-corrected chi connectivity index (χ0v) is 26.7. The van der Waals surface area contributed by atoms with Crippen molar-refractivity contribution in [2.24, 2.45) is 10.4 Å². The Bertz CT molecular complexity index is 1170. The van der Waals surface area contributed by atoms with Gasteiger partial charge in [0.2, 0.25) is 0 Å². The summed E-state index contributed by atoms with van der Waals surface area (Å²) in [6.07, 6.45) is 1.27. The van der Waals surface area contributed by atoms with Crippen molar-refractivity contribution >= 4 is 23.7 Å². The average Bonchev–Trinajstić information content (AvgIpc) is 3.01. The Morgan fingerprint density at radius 2 is 1.85 bits per heavy atom. The number of ether oxygens (including phenoxy) is 1. The van der Waals surface area contributed by atoms with Gasteiger partial charge in [-0.3, -0.25) is 4.79 Å². The number of nitrogens with one attached hydrogen (secondary N) is 2. The van der Waals surface area contributed by atoms with Gasteiger partial charge in [0.05, 0.1) is 0 Å². The van der Waals surface area contributed by atoms with Crippen molar-refractivity contribution in [1.29, 1.82) is 0 Å². The van der Waals surface area contributed by atoms with E-state index in [1.807, 2.05) is 52.5 Å². The van der Waals surface area contributed by atoms with E-state index in [2.05, 4.69) is 10.6 Å². The standard InChI is InChI=1S/C29H42FIN5O4/c1-28(2,3)23(26(38)32-7)34-25(37)22-21-16-35(27(39)40-29(4,5)6)13-8-14-36(21)24(33-22)18-10-9-17(15-19(18)30)20-11-12-31-20/h9-10,15,20-23H,8,11-14,16H2,1-7H3,(H,32,38)(H,34,37)/q-1. The molecule has 0 radical (unpaired) electrons. The van der Waals surface area contributed by atoms with Gasteiger partial charge in [-0.25, -0.2) is 0 Å². The molecule has 40 heavy (non-hydrogen) atoms. The molecule has 4 atom stereocenters. The average molecular weight is 671 g/mol. The molecule has 9 nitrogen and oxygen atoms in total. The molecule has 0 aliphatic carbocycles. The fourth-order valence-corrected chi connectivity index (χ4v) is 7.36. The van der Waals surface area contributed by atoms with Crippen LogP contribution in [0.3, 0.4) is 0 Å². The molecular formula is C29H42FIN5O4-. The van der Waals surface area contributed by atoms with Crippen molar-refractivity contribution < 1.29 is 44.7 Å². The third kappa shape index (κ3) is 6.71. The molecular weight excluding hydrogens is 628 g/mol. The molecule has 0 aromatic heterocycles. The predicted molar refractivity (Wildman–Crippen MR) is 147 cm³/mol. The molecule has 0 spiro atoms. The van der Waals surface area contributed by atoms with Gasteiger partial charge in [0.15, 0.2) is 0 Å². The van der Waals surface area contributed by atoms with E-state index < -0.39 is 41.1 Å². The van der Waals surface area contributed by atoms with Crippen LogP contribution in [-0.2, 0) is 14.3 Å². The number of carbonyl (C=O) groups excluding carboxylic acids is 3. The van der Waals surface area contributed by atoms with E-state index in [1.165, 1.54) is 11.5 Å². The first-order valence-electron chi connectivity index (χ1n) is 13.9. The Kier molecular flexibility index (Phi) is 9.01. The van der Waals surface area contributed by atoms with Gasteiger partial charge in [-0.15, -0.1) is 0 Å². The fraction of sp³-hybridized carbons (Fsp3) is 0.655. The van der Waals surface area contributed by atoms with E-state index in [1.54, 1.807) is 17.0 Å². The van der Waals surface area contributed by atoms with Gasteiger partial charge in [-0.1, -0.05) is 20.8 Å². The number of hydrogen-bond donors (Lipinski definition) is 2. The summed E-state index contributed by atoms with van der Waals surface area (Å²) in [4.78, 5) is 47.9. The first-order chi connectivity index (χ1) is 18.7. The number of halogens is 2. The monoisotopic (exact) mass is 670 g/mol. The summed E-state index contributed by atoms with van der Waals surface area (Å²) in [6, 6.07) is 3.11. The number of rotatable bonds is 5. The van der Waals surface area contributed by atoms with Crippen LogP contribution in [0.1, 0.15) is 69.4 Å². The SMILES string of the molecule is CNC(=O)C(NC(=O)C1N=C(c2ccc(C3CC[I-]3)cc2F)N2CCCN(C(=O)OC(C)(C)C)CC12)C(C)(C)C. The third-order valence-corrected chi connectivity index (χ3v) is 11.0. The molecule has 2 fully saturated rings. The number of benzene rings is 1. The minimum atomic E-state index is -0.941. The van der Waals surface area contributed by atoms with Crippen LogP contribution < -0.4 is 31.8 Å². The van der Waals surface area contributed by atoms with Gasteiger partial charge in [0.1, 0.15) is 5.60 Å². The minimum absolute atomic E-state index is 0.0894. The smallest absolute Gasteiger partial charge is 0.0577 e. The normalized spacial score (nSPS) is 24.0. The second-order valence-electron chi connectivity index (χ2n) is 12.7. The van der Waals surface area contributed by atoms with Crippen LogP contribution in [0.15, 0.2) is 23.2 Å². The molecule has 3 amide bonds. The van der Waals surface area contributed by atoms with Crippen molar-refractivity contribution in [2.75, 3.05) is 31.1 Å². The van der Waals surface area contributed by atoms with Gasteiger partial charge >= 0.3 is 183 Å². The van der Waals surface area contributed by atoms with Crippen LogP contribution in [0.25, 0.3) is 0 Å². The molecule has 3 heterocycles. The fourth-order valence-electron chi connectivity index (χ4n) is 5.22. The summed E-state index contributed by atoms with van der Waals surface area (Å²) in [6.45, 7) is 12.2. The molecule has 3 aliphatic heterocycles. The number of alkyl halides is 2. The molecule has 0 bridgehead atoms. The predicted octanol–water partition coefficient (Wildman–Crippen LogP) is 0.0766. The summed E-state index contributed by atoms with van der Waals surface area (Å²) >= 11 is 0.0894. The zero-order chi connectivity index (χ0) is 29.4. The Morgan fingerprint density at radius 3 is 2.40 bits per heavy atom. The summed E-state index contributed by atoms with van der Waals surface area (Å²) < 4.78 is 23.0. The van der Waals surface area contributed by atoms with Crippen molar-refractivity contribution in [3.05, 3.63) is 35.1 Å². The first-order valence-corrected chi connectivity index (χ1v) is 16.7. The van der Waals surface area contributed by atoms with E-state index in [0.717, 1.165) is 12.0 Å². The quantitative estimate of drug-likeness (QED) is 0.342. The Balaban J connectivity index is 1.68. The van der Waals surface area contributed by atoms with Crippen molar-refractivity contribution in [3.63, 3.8) is 0 Å². The van der Waals surface area contributed by atoms with Gasteiger partial charge in [-0.05, 0) is 20.8 Å². The number of carbonyl (C=O) groups is 3. The van der Waals surface area contributed by atoms with Crippen LogP contribution in [-0.4, -0.2) is 88.4 Å². The Morgan fingerprint density at radius 1 is 1.15 bits per heavy atom. The molecule has 0 saturated carbocycles. The third-order valence-electron chi connectivity index (χ3n) is 7.37. The van der Waals surface area contributed by atoms with Crippen molar-refractivity contribution in [3.8, 4) is 0 Å². The van der Waals surface area contributed by atoms with E-state index in [0.29, 0.717) is 34.8 Å². The number of aliphatic imine (C=N–C) groups is 1. The molecule has 2 N–H and O–H groups in total. The maximum atomic E-state index is 15.6. The Labute approximate surface area is 246 Å². The molecule has 1 aromatic rings. The second-order valence-corrected chi connectivity index (χ2v) is 16.2. The number of amides is 3. The Hall–Kier alpha value is -2.44. The second kappa shape index (κ2) is 11.8. The van der Waals surface area contributed by atoms with Gasteiger partial charge < -0.3 is 5.32 Å². The topological polar surface area (TPSA) is 103 Å². The molecule has 1 aromatic carbocycles. The summed E-state index contributed by atoms with van der Waals surface area (Å²) in [5.74, 6) is -0.679. The van der Waals surface area contributed by atoms with E-state index >= 15 is 4.39 Å². The number of nitrogens with zero attached hydrogens (tertiary/aromatic N) is 3. The van der Waals surface area contributed by atoms with Gasteiger partial charge in [0.25, 0.3) is 0 Å². The molecule has 222 valence electrons. The van der Waals surface area contributed by atoms with E-state index in [4.69, 9.17) is 9.73 Å². The van der Waals surface area contributed by atoms with Crippen LogP contribution in [0.2, 0.25) is 0 Å². The van der Waals surface area contributed by atoms with Crippen LogP contribution >= 0.6 is 0 Å². The number of hydrogen-bond acceptors (Lipinski definition) is 6. The van der Waals surface area contributed by atoms with Crippen molar-refractivity contribution in [2.45, 2.75) is 82.0 Å². The summed E-state index contributed by atoms with van der Waals surface area (Å²) in [5, 5.41) is 5.53. The number of amidine groups is 1.